The van der Waals surface area contributed by atoms with Crippen molar-refractivity contribution in [3.8, 4) is 6.07 Å². The van der Waals surface area contributed by atoms with Gasteiger partial charge in [-0.1, -0.05) is 11.2 Å². The molecule has 0 spiro atoms. The minimum atomic E-state index is -3.73. The lowest BCUT2D eigenvalue weighted by molar-refractivity contribution is 0.335. The lowest BCUT2D eigenvalue weighted by Gasteiger charge is -2.03. The summed E-state index contributed by atoms with van der Waals surface area (Å²) in [6.45, 7) is 2.95. The van der Waals surface area contributed by atoms with Crippen LogP contribution >= 0.6 is 11.3 Å². The molecule has 0 saturated carbocycles. The molecule has 0 bridgehead atoms. The van der Waals surface area contributed by atoms with Gasteiger partial charge in [0.1, 0.15) is 6.07 Å². The molecule has 0 radical (unpaired) electrons. The van der Waals surface area contributed by atoms with Gasteiger partial charge in [0.05, 0.1) is 10.1 Å². The lowest BCUT2D eigenvalue weighted by Crippen LogP contribution is -2.15. The van der Waals surface area contributed by atoms with E-state index >= 15 is 0 Å². The summed E-state index contributed by atoms with van der Waals surface area (Å²) >= 11 is 1.29. The van der Waals surface area contributed by atoms with Gasteiger partial charge in [-0.3, -0.25) is 4.28 Å². The van der Waals surface area contributed by atoms with Gasteiger partial charge in [-0.2, -0.15) is 13.7 Å². The molecule has 5 nitrogen and oxygen atoms in total. The van der Waals surface area contributed by atoms with Crippen molar-refractivity contribution in [2.75, 3.05) is 0 Å². The first-order valence-electron chi connectivity index (χ1n) is 4.42. The molecule has 0 N–H and O–H groups in total. The van der Waals surface area contributed by atoms with Gasteiger partial charge in [0.25, 0.3) is 0 Å². The lowest BCUT2D eigenvalue weighted by atomic mass is 10.3. The van der Waals surface area contributed by atoms with E-state index in [1.54, 1.807) is 23.6 Å². The van der Waals surface area contributed by atoms with Gasteiger partial charge in [0, 0.05) is 0 Å². The van der Waals surface area contributed by atoms with Crippen LogP contribution < -0.4 is 0 Å². The van der Waals surface area contributed by atoms with Crippen molar-refractivity contribution in [3.63, 3.8) is 0 Å². The van der Waals surface area contributed by atoms with E-state index in [-0.39, 0.29) is 5.71 Å². The predicted octanol–water partition coefficient (Wildman–Crippen LogP) is 1.73. The van der Waals surface area contributed by atoms with Crippen LogP contribution in [0, 0.1) is 11.3 Å². The first kappa shape index (κ1) is 12.7. The van der Waals surface area contributed by atoms with Crippen molar-refractivity contribution in [3.05, 3.63) is 22.4 Å². The monoisotopic (exact) mass is 258 g/mol. The summed E-state index contributed by atoms with van der Waals surface area (Å²) in [4.78, 5) is 0.571. The highest BCUT2D eigenvalue weighted by atomic mass is 32.2. The van der Waals surface area contributed by atoms with Crippen LogP contribution in [0.1, 0.15) is 18.7 Å². The van der Waals surface area contributed by atoms with E-state index in [9.17, 15) is 8.42 Å². The number of rotatable bonds is 4. The Kier molecular flexibility index (Phi) is 4.04. The van der Waals surface area contributed by atoms with Gasteiger partial charge >= 0.3 is 10.1 Å². The van der Waals surface area contributed by atoms with Crippen LogP contribution in [0.4, 0.5) is 0 Å². The van der Waals surface area contributed by atoms with Crippen LogP contribution in [0.3, 0.4) is 0 Å². The van der Waals surface area contributed by atoms with Crippen molar-refractivity contribution in [1.82, 2.24) is 0 Å². The number of thiophene rings is 1. The van der Waals surface area contributed by atoms with E-state index in [0.29, 0.717) is 4.88 Å². The molecule has 1 aromatic rings. The molecule has 0 unspecified atom stereocenters. The molecule has 0 fully saturated rings. The summed E-state index contributed by atoms with van der Waals surface area (Å²) in [5.74, 6) is 0. The average Bonchev–Trinajstić information content (AvgIpc) is 2.71. The predicted molar refractivity (Wildman–Crippen MR) is 61.6 cm³/mol. The Balaban J connectivity index is 2.90. The molecular formula is C9H10N2O3S2. The number of hydrogen-bond donors (Lipinski definition) is 0. The average molecular weight is 258 g/mol. The molecule has 1 aromatic heterocycles. The van der Waals surface area contributed by atoms with Crippen molar-refractivity contribution >= 4 is 27.2 Å². The van der Waals surface area contributed by atoms with Gasteiger partial charge in [-0.15, -0.1) is 11.3 Å². The van der Waals surface area contributed by atoms with Crippen molar-refractivity contribution in [2.24, 2.45) is 5.16 Å². The molecule has 1 rings (SSSR count). The fourth-order valence-electron chi connectivity index (χ4n) is 0.709. The Morgan fingerprint density at radius 1 is 1.62 bits per heavy atom. The number of hydrogen-bond acceptors (Lipinski definition) is 6. The summed E-state index contributed by atoms with van der Waals surface area (Å²) in [5, 5.41) is 13.2. The van der Waals surface area contributed by atoms with Gasteiger partial charge in [0.2, 0.25) is 0 Å². The molecule has 0 saturated heterocycles. The third-order valence-corrected chi connectivity index (χ3v) is 3.98. The van der Waals surface area contributed by atoms with E-state index in [2.05, 4.69) is 9.44 Å². The Hall–Kier alpha value is -1.39. The quantitative estimate of drug-likeness (QED) is 0.608. The zero-order valence-electron chi connectivity index (χ0n) is 8.75. The van der Waals surface area contributed by atoms with Crippen molar-refractivity contribution < 1.29 is 12.7 Å². The molecule has 1 heterocycles. The summed E-state index contributed by atoms with van der Waals surface area (Å²) in [5.41, 5.74) is -0.0424. The standard InChI is InChI=1S/C9H10N2O3S2/c1-7(2)16(12,13)14-11-8(6-10)9-4-3-5-15-9/h3-5,7H,1-2H3/b11-8-. The van der Waals surface area contributed by atoms with Crippen LogP contribution in [0.25, 0.3) is 0 Å². The third-order valence-electron chi connectivity index (χ3n) is 1.67. The topological polar surface area (TPSA) is 79.5 Å². The molecule has 0 amide bonds. The molecule has 0 aliphatic heterocycles. The number of nitrogens with zero attached hydrogens (tertiary/aromatic N) is 2. The zero-order chi connectivity index (χ0) is 12.2. The Morgan fingerprint density at radius 2 is 2.31 bits per heavy atom. The van der Waals surface area contributed by atoms with Crippen LogP contribution in [0.2, 0.25) is 0 Å². The van der Waals surface area contributed by atoms with Crippen molar-refractivity contribution in [2.45, 2.75) is 19.1 Å². The maximum Gasteiger partial charge on any atom is 0.330 e. The third kappa shape index (κ3) is 3.05. The molecule has 0 aliphatic rings. The van der Waals surface area contributed by atoms with Crippen LogP contribution in [0.15, 0.2) is 22.7 Å². The maximum absolute atomic E-state index is 11.3. The van der Waals surface area contributed by atoms with Crippen molar-refractivity contribution in [1.29, 1.82) is 5.26 Å². The second-order valence-electron chi connectivity index (χ2n) is 3.15. The zero-order valence-corrected chi connectivity index (χ0v) is 10.4. The first-order chi connectivity index (χ1) is 7.47. The van der Waals surface area contributed by atoms with Gasteiger partial charge in [0.15, 0.2) is 5.71 Å². The second kappa shape index (κ2) is 5.09. The minimum Gasteiger partial charge on any atom is -0.267 e. The van der Waals surface area contributed by atoms with Crippen LogP contribution in [0.5, 0.6) is 0 Å². The molecule has 86 valence electrons. The normalized spacial score (nSPS) is 12.5. The largest absolute Gasteiger partial charge is 0.330 e. The highest BCUT2D eigenvalue weighted by molar-refractivity contribution is 7.87. The highest BCUT2D eigenvalue weighted by Crippen LogP contribution is 2.11. The van der Waals surface area contributed by atoms with E-state index in [4.69, 9.17) is 5.26 Å². The number of oxime groups is 1. The van der Waals surface area contributed by atoms with Crippen LogP contribution in [-0.4, -0.2) is 19.4 Å². The summed E-state index contributed by atoms with van der Waals surface area (Å²) in [7, 11) is -3.73. The Labute approximate surface area is 98.1 Å². The molecule has 0 atom stereocenters. The highest BCUT2D eigenvalue weighted by Gasteiger charge is 2.18. The Morgan fingerprint density at radius 3 is 2.75 bits per heavy atom. The fraction of sp³-hybridized carbons (Fsp3) is 0.333. The SMILES string of the molecule is CC(C)S(=O)(=O)O/N=C(/C#N)c1cccs1. The van der Waals surface area contributed by atoms with Gasteiger partial charge in [-0.05, 0) is 25.3 Å². The summed E-state index contributed by atoms with van der Waals surface area (Å²) in [6, 6.07) is 5.19. The van der Waals surface area contributed by atoms with Gasteiger partial charge < -0.3 is 0 Å². The van der Waals surface area contributed by atoms with E-state index in [1.807, 2.05) is 0 Å². The fourth-order valence-corrected chi connectivity index (χ4v) is 1.72. The molecule has 7 heteroatoms. The summed E-state index contributed by atoms with van der Waals surface area (Å²) < 4.78 is 27.0. The smallest absolute Gasteiger partial charge is 0.267 e. The van der Waals surface area contributed by atoms with Gasteiger partial charge in [-0.25, -0.2) is 0 Å². The molecule has 0 aromatic carbocycles. The minimum absolute atomic E-state index is 0.0424. The second-order valence-corrected chi connectivity index (χ2v) is 6.17. The molecular weight excluding hydrogens is 248 g/mol. The summed E-state index contributed by atoms with van der Waals surface area (Å²) in [6.07, 6.45) is 0. The Bertz CT molecular complexity index is 509. The number of nitriles is 1. The molecule has 0 aliphatic carbocycles. The van der Waals surface area contributed by atoms with E-state index in [1.165, 1.54) is 25.2 Å². The van der Waals surface area contributed by atoms with E-state index in [0.717, 1.165) is 0 Å². The van der Waals surface area contributed by atoms with E-state index < -0.39 is 15.4 Å². The maximum atomic E-state index is 11.3. The molecule has 16 heavy (non-hydrogen) atoms. The first-order valence-corrected chi connectivity index (χ1v) is 6.77. The van der Waals surface area contributed by atoms with Crippen LogP contribution in [-0.2, 0) is 14.4 Å².